The van der Waals surface area contributed by atoms with Crippen LogP contribution >= 0.6 is 0 Å². The van der Waals surface area contributed by atoms with Crippen LogP contribution in [0.5, 0.6) is 0 Å². The van der Waals surface area contributed by atoms with Crippen molar-refractivity contribution >= 4 is 0 Å². The summed E-state index contributed by atoms with van der Waals surface area (Å²) in [5, 5.41) is 3.42. The third kappa shape index (κ3) is 1.40. The van der Waals surface area contributed by atoms with E-state index in [1.807, 2.05) is 0 Å². The van der Waals surface area contributed by atoms with Gasteiger partial charge in [-0.3, -0.25) is 0 Å². The van der Waals surface area contributed by atoms with Gasteiger partial charge >= 0.3 is 0 Å². The van der Waals surface area contributed by atoms with Crippen molar-refractivity contribution in [2.24, 2.45) is 0 Å². The molecule has 1 aromatic rings. The molecule has 2 nitrogen and oxygen atoms in total. The van der Waals surface area contributed by atoms with Crippen LogP contribution < -0.4 is 5.32 Å². The van der Waals surface area contributed by atoms with E-state index in [-0.39, 0.29) is 0 Å². The summed E-state index contributed by atoms with van der Waals surface area (Å²) in [5.41, 5.74) is 4.43. The lowest BCUT2D eigenvalue weighted by atomic mass is 9.87. The van der Waals surface area contributed by atoms with Gasteiger partial charge in [0.05, 0.1) is 12.7 Å². The molecule has 1 saturated heterocycles. The fourth-order valence-corrected chi connectivity index (χ4v) is 2.84. The molecule has 2 heteroatoms. The minimum atomic E-state index is 0.407. The Kier molecular flexibility index (Phi) is 2.26. The standard InChI is InChI=1S/C13H17NO/c1-2-9-4-3-5-10-11-6-14-7-13(11)15-8-12(9)10/h3-5,11,13-14H,2,6-8H2,1H3/t11-,13-/m0/s1. The molecular weight excluding hydrogens is 186 g/mol. The molecule has 1 fully saturated rings. The third-order valence-electron chi connectivity index (χ3n) is 3.69. The van der Waals surface area contributed by atoms with Gasteiger partial charge in [-0.15, -0.1) is 0 Å². The fraction of sp³-hybridized carbons (Fsp3) is 0.538. The second-order valence-corrected chi connectivity index (χ2v) is 4.45. The van der Waals surface area contributed by atoms with Crippen molar-refractivity contribution in [1.82, 2.24) is 5.32 Å². The van der Waals surface area contributed by atoms with Crippen LogP contribution in [0.1, 0.15) is 29.5 Å². The van der Waals surface area contributed by atoms with Crippen molar-refractivity contribution in [1.29, 1.82) is 0 Å². The largest absolute Gasteiger partial charge is 0.372 e. The van der Waals surface area contributed by atoms with Gasteiger partial charge in [-0.25, -0.2) is 0 Å². The number of ether oxygens (including phenoxy) is 1. The Balaban J connectivity index is 2.07. The highest BCUT2D eigenvalue weighted by Gasteiger charge is 2.34. The zero-order valence-corrected chi connectivity index (χ0v) is 9.12. The van der Waals surface area contributed by atoms with Gasteiger partial charge in [0.25, 0.3) is 0 Å². The van der Waals surface area contributed by atoms with Gasteiger partial charge in [0.15, 0.2) is 0 Å². The highest BCUT2D eigenvalue weighted by atomic mass is 16.5. The predicted molar refractivity (Wildman–Crippen MR) is 60.0 cm³/mol. The maximum atomic E-state index is 5.91. The Labute approximate surface area is 90.6 Å². The molecule has 3 rings (SSSR count). The van der Waals surface area contributed by atoms with Crippen molar-refractivity contribution in [2.75, 3.05) is 13.1 Å². The van der Waals surface area contributed by atoms with E-state index in [9.17, 15) is 0 Å². The van der Waals surface area contributed by atoms with Crippen LogP contribution in [0.3, 0.4) is 0 Å². The smallest absolute Gasteiger partial charge is 0.0784 e. The molecule has 15 heavy (non-hydrogen) atoms. The molecular formula is C13H17NO. The summed E-state index contributed by atoms with van der Waals surface area (Å²) < 4.78 is 5.91. The van der Waals surface area contributed by atoms with Gasteiger partial charge in [-0.2, -0.15) is 0 Å². The van der Waals surface area contributed by atoms with Gasteiger partial charge in [0.2, 0.25) is 0 Å². The lowest BCUT2D eigenvalue weighted by Gasteiger charge is -2.29. The fourth-order valence-electron chi connectivity index (χ4n) is 2.84. The van der Waals surface area contributed by atoms with E-state index >= 15 is 0 Å². The molecule has 0 aliphatic carbocycles. The van der Waals surface area contributed by atoms with Crippen LogP contribution in [-0.2, 0) is 17.8 Å². The molecule has 2 aliphatic rings. The zero-order chi connectivity index (χ0) is 10.3. The second-order valence-electron chi connectivity index (χ2n) is 4.45. The van der Waals surface area contributed by atoms with Gasteiger partial charge in [0, 0.05) is 19.0 Å². The van der Waals surface area contributed by atoms with Crippen molar-refractivity contribution in [3.63, 3.8) is 0 Å². The highest BCUT2D eigenvalue weighted by molar-refractivity contribution is 5.40. The van der Waals surface area contributed by atoms with Gasteiger partial charge in [-0.1, -0.05) is 25.1 Å². The quantitative estimate of drug-likeness (QED) is 0.752. The topological polar surface area (TPSA) is 21.3 Å². The Morgan fingerprint density at radius 3 is 3.20 bits per heavy atom. The van der Waals surface area contributed by atoms with Gasteiger partial charge < -0.3 is 10.1 Å². The van der Waals surface area contributed by atoms with E-state index in [2.05, 4.69) is 30.4 Å². The van der Waals surface area contributed by atoms with Gasteiger partial charge in [-0.05, 0) is 23.1 Å². The van der Waals surface area contributed by atoms with Crippen LogP contribution in [0.15, 0.2) is 18.2 Å². The van der Waals surface area contributed by atoms with Crippen LogP contribution in [0.2, 0.25) is 0 Å². The summed E-state index contributed by atoms with van der Waals surface area (Å²) in [6.45, 7) is 5.11. The number of aryl methyl sites for hydroxylation is 1. The first kappa shape index (κ1) is 9.37. The second kappa shape index (κ2) is 3.62. The number of fused-ring (bicyclic) bond motifs is 3. The first-order valence-corrected chi connectivity index (χ1v) is 5.83. The number of hydrogen-bond donors (Lipinski definition) is 1. The van der Waals surface area contributed by atoms with Crippen LogP contribution in [0.25, 0.3) is 0 Å². The Morgan fingerprint density at radius 2 is 2.33 bits per heavy atom. The van der Waals surface area contributed by atoms with E-state index in [4.69, 9.17) is 4.74 Å². The lowest BCUT2D eigenvalue weighted by molar-refractivity contribution is 0.0294. The predicted octanol–water partition coefficient (Wildman–Crippen LogP) is 1.83. The maximum absolute atomic E-state index is 5.91. The monoisotopic (exact) mass is 203 g/mol. The first-order valence-electron chi connectivity index (χ1n) is 5.83. The molecule has 0 spiro atoms. The van der Waals surface area contributed by atoms with E-state index in [0.717, 1.165) is 26.1 Å². The van der Waals surface area contributed by atoms with Crippen LogP contribution in [0, 0.1) is 0 Å². The molecule has 0 unspecified atom stereocenters. The minimum Gasteiger partial charge on any atom is -0.372 e. The van der Waals surface area contributed by atoms with Crippen molar-refractivity contribution in [3.8, 4) is 0 Å². The molecule has 0 saturated carbocycles. The van der Waals surface area contributed by atoms with Crippen molar-refractivity contribution < 1.29 is 4.74 Å². The van der Waals surface area contributed by atoms with Gasteiger partial charge in [0.1, 0.15) is 0 Å². The van der Waals surface area contributed by atoms with E-state index < -0.39 is 0 Å². The lowest BCUT2D eigenvalue weighted by Crippen LogP contribution is -2.27. The summed E-state index contributed by atoms with van der Waals surface area (Å²) in [5.74, 6) is 0.584. The molecule has 1 N–H and O–H groups in total. The molecule has 0 amide bonds. The SMILES string of the molecule is CCc1cccc2c1CO[C@H]1CNC[C@@H]21. The van der Waals surface area contributed by atoms with Crippen LogP contribution in [-0.4, -0.2) is 19.2 Å². The summed E-state index contributed by atoms with van der Waals surface area (Å²) in [7, 11) is 0. The maximum Gasteiger partial charge on any atom is 0.0784 e. The van der Waals surface area contributed by atoms with E-state index in [0.29, 0.717) is 12.0 Å². The number of nitrogens with one attached hydrogen (secondary N) is 1. The zero-order valence-electron chi connectivity index (χ0n) is 9.12. The van der Waals surface area contributed by atoms with Crippen LogP contribution in [0.4, 0.5) is 0 Å². The normalized spacial score (nSPS) is 28.6. The molecule has 0 bridgehead atoms. The number of hydrogen-bond acceptors (Lipinski definition) is 2. The number of benzene rings is 1. The summed E-state index contributed by atoms with van der Waals surface area (Å²) in [6.07, 6.45) is 1.52. The first-order chi connectivity index (χ1) is 7.40. The molecule has 2 atom stereocenters. The Hall–Kier alpha value is -0.860. The average Bonchev–Trinajstić information content (AvgIpc) is 2.76. The molecule has 2 heterocycles. The molecule has 2 aliphatic heterocycles. The minimum absolute atomic E-state index is 0.407. The summed E-state index contributed by atoms with van der Waals surface area (Å²) >= 11 is 0. The number of rotatable bonds is 1. The molecule has 0 aromatic heterocycles. The van der Waals surface area contributed by atoms with E-state index in [1.165, 1.54) is 16.7 Å². The van der Waals surface area contributed by atoms with Crippen molar-refractivity contribution in [2.45, 2.75) is 32.0 Å². The summed E-state index contributed by atoms with van der Waals surface area (Å²) in [6, 6.07) is 6.70. The van der Waals surface area contributed by atoms with Crippen molar-refractivity contribution in [3.05, 3.63) is 34.9 Å². The molecule has 80 valence electrons. The Morgan fingerprint density at radius 1 is 1.40 bits per heavy atom. The third-order valence-corrected chi connectivity index (χ3v) is 3.69. The Bertz CT molecular complexity index is 375. The average molecular weight is 203 g/mol. The molecule has 1 aromatic carbocycles. The van der Waals surface area contributed by atoms with E-state index in [1.54, 1.807) is 0 Å². The highest BCUT2D eigenvalue weighted by Crippen LogP contribution is 2.35. The molecule has 0 radical (unpaired) electrons. The summed E-state index contributed by atoms with van der Waals surface area (Å²) in [4.78, 5) is 0.